The summed E-state index contributed by atoms with van der Waals surface area (Å²) < 4.78 is 5.65. The second kappa shape index (κ2) is 7.66. The minimum Gasteiger partial charge on any atom is -0.496 e. The summed E-state index contributed by atoms with van der Waals surface area (Å²) in [7, 11) is 1.74. The van der Waals surface area contributed by atoms with Gasteiger partial charge in [-0.1, -0.05) is 30.3 Å². The summed E-state index contributed by atoms with van der Waals surface area (Å²) in [5.74, 6) is 1.73. The van der Waals surface area contributed by atoms with Crippen LogP contribution >= 0.6 is 0 Å². The van der Waals surface area contributed by atoms with Crippen molar-refractivity contribution < 1.29 is 4.74 Å². The number of hydrogen-bond acceptors (Lipinski definition) is 5. The summed E-state index contributed by atoms with van der Waals surface area (Å²) in [6, 6.07) is 16.6. The van der Waals surface area contributed by atoms with Crippen molar-refractivity contribution >= 4 is 11.6 Å². The third kappa shape index (κ3) is 3.45. The number of ether oxygens (including phenoxy) is 1. The van der Waals surface area contributed by atoms with Crippen LogP contribution in [0, 0.1) is 6.92 Å². The monoisotopic (exact) mass is 360 g/mol. The van der Waals surface area contributed by atoms with E-state index in [9.17, 15) is 0 Å². The Bertz CT molecular complexity index is 891. The molecule has 0 N–H and O–H groups in total. The lowest BCUT2D eigenvalue weighted by Gasteiger charge is -2.37. The van der Waals surface area contributed by atoms with Crippen molar-refractivity contribution in [3.05, 3.63) is 66.5 Å². The van der Waals surface area contributed by atoms with Crippen molar-refractivity contribution in [2.24, 2.45) is 0 Å². The SMILES string of the molecule is COc1ccc(N2CCN(c3ncccn3)CC2)c(C)c1-c1ccccc1. The van der Waals surface area contributed by atoms with Gasteiger partial charge < -0.3 is 14.5 Å². The average Bonchev–Trinajstić information content (AvgIpc) is 2.75. The molecule has 2 heterocycles. The van der Waals surface area contributed by atoms with Crippen molar-refractivity contribution in [2.45, 2.75) is 6.92 Å². The van der Waals surface area contributed by atoms with E-state index >= 15 is 0 Å². The average molecular weight is 360 g/mol. The molecule has 0 bridgehead atoms. The zero-order chi connectivity index (χ0) is 18.6. The summed E-state index contributed by atoms with van der Waals surface area (Å²) in [5, 5.41) is 0. The first-order chi connectivity index (χ1) is 13.3. The van der Waals surface area contributed by atoms with Crippen LogP contribution in [0.1, 0.15) is 5.56 Å². The molecule has 1 aromatic heterocycles. The van der Waals surface area contributed by atoms with E-state index in [0.29, 0.717) is 0 Å². The first-order valence-electron chi connectivity index (χ1n) is 9.28. The number of piperazine rings is 1. The highest BCUT2D eigenvalue weighted by molar-refractivity contribution is 5.80. The lowest BCUT2D eigenvalue weighted by atomic mass is 9.97. The van der Waals surface area contributed by atoms with E-state index in [4.69, 9.17) is 4.74 Å². The van der Waals surface area contributed by atoms with Gasteiger partial charge in [0.2, 0.25) is 5.95 Å². The quantitative estimate of drug-likeness (QED) is 0.708. The van der Waals surface area contributed by atoms with Gasteiger partial charge in [-0.15, -0.1) is 0 Å². The van der Waals surface area contributed by atoms with Crippen molar-refractivity contribution in [1.29, 1.82) is 0 Å². The number of anilines is 2. The van der Waals surface area contributed by atoms with Crippen LogP contribution < -0.4 is 14.5 Å². The summed E-state index contributed by atoms with van der Waals surface area (Å²) in [5.41, 5.74) is 4.88. The number of methoxy groups -OCH3 is 1. The molecule has 0 atom stereocenters. The first-order valence-corrected chi connectivity index (χ1v) is 9.28. The van der Waals surface area contributed by atoms with Gasteiger partial charge in [0, 0.05) is 49.8 Å². The highest BCUT2D eigenvalue weighted by Gasteiger charge is 2.22. The van der Waals surface area contributed by atoms with E-state index in [1.54, 1.807) is 19.5 Å². The molecule has 0 spiro atoms. The van der Waals surface area contributed by atoms with Gasteiger partial charge >= 0.3 is 0 Å². The van der Waals surface area contributed by atoms with E-state index in [1.807, 2.05) is 12.1 Å². The number of nitrogens with zero attached hydrogens (tertiary/aromatic N) is 4. The van der Waals surface area contributed by atoms with Crippen LogP contribution in [0.25, 0.3) is 11.1 Å². The standard InChI is InChI=1S/C22H24N4O/c1-17-19(9-10-20(27-2)21(17)18-7-4-3-5-8-18)25-13-15-26(16-14-25)22-23-11-6-12-24-22/h3-12H,13-16H2,1-2H3. The molecule has 2 aromatic carbocycles. The molecular formula is C22H24N4O. The Morgan fingerprint density at radius 2 is 1.48 bits per heavy atom. The molecule has 3 aromatic rings. The van der Waals surface area contributed by atoms with Crippen LogP contribution in [0.3, 0.4) is 0 Å². The van der Waals surface area contributed by atoms with Gasteiger partial charge in [-0.3, -0.25) is 0 Å². The van der Waals surface area contributed by atoms with Crippen LogP contribution in [0.4, 0.5) is 11.6 Å². The zero-order valence-corrected chi connectivity index (χ0v) is 15.8. The highest BCUT2D eigenvalue weighted by Crippen LogP contribution is 2.38. The summed E-state index contributed by atoms with van der Waals surface area (Å²) in [6.07, 6.45) is 3.60. The Morgan fingerprint density at radius 1 is 0.815 bits per heavy atom. The lowest BCUT2D eigenvalue weighted by molar-refractivity contribution is 0.416. The van der Waals surface area contributed by atoms with Gasteiger partial charge in [0.25, 0.3) is 0 Å². The van der Waals surface area contributed by atoms with E-state index in [-0.39, 0.29) is 0 Å². The predicted octanol–water partition coefficient (Wildman–Crippen LogP) is 3.79. The molecule has 1 saturated heterocycles. The van der Waals surface area contributed by atoms with Crippen molar-refractivity contribution in [1.82, 2.24) is 9.97 Å². The molecule has 0 unspecified atom stereocenters. The van der Waals surface area contributed by atoms with Gasteiger partial charge in [0.1, 0.15) is 5.75 Å². The first kappa shape index (κ1) is 17.3. The number of benzene rings is 2. The van der Waals surface area contributed by atoms with Crippen LogP contribution in [0.5, 0.6) is 5.75 Å². The van der Waals surface area contributed by atoms with Gasteiger partial charge in [-0.25, -0.2) is 9.97 Å². The maximum atomic E-state index is 5.65. The highest BCUT2D eigenvalue weighted by atomic mass is 16.5. The van der Waals surface area contributed by atoms with Crippen LogP contribution in [0.2, 0.25) is 0 Å². The lowest BCUT2D eigenvalue weighted by Crippen LogP contribution is -2.47. The number of rotatable bonds is 4. The normalized spacial score (nSPS) is 14.3. The summed E-state index contributed by atoms with van der Waals surface area (Å²) in [4.78, 5) is 13.4. The molecule has 1 aliphatic heterocycles. The predicted molar refractivity (Wildman–Crippen MR) is 110 cm³/mol. The topological polar surface area (TPSA) is 41.5 Å². The van der Waals surface area contributed by atoms with Crippen molar-refractivity contribution in [2.75, 3.05) is 43.1 Å². The fourth-order valence-corrected chi connectivity index (χ4v) is 3.75. The second-order valence-electron chi connectivity index (χ2n) is 6.68. The van der Waals surface area contributed by atoms with Gasteiger partial charge in [0.05, 0.1) is 7.11 Å². The molecule has 5 heteroatoms. The number of aromatic nitrogens is 2. The fourth-order valence-electron chi connectivity index (χ4n) is 3.75. The van der Waals surface area contributed by atoms with E-state index < -0.39 is 0 Å². The Morgan fingerprint density at radius 3 is 2.15 bits per heavy atom. The van der Waals surface area contributed by atoms with Gasteiger partial charge in [0.15, 0.2) is 0 Å². The molecule has 0 aliphatic carbocycles. The van der Waals surface area contributed by atoms with Crippen molar-refractivity contribution in [3.63, 3.8) is 0 Å². The maximum absolute atomic E-state index is 5.65. The largest absolute Gasteiger partial charge is 0.496 e. The molecule has 0 saturated carbocycles. The summed E-state index contributed by atoms with van der Waals surface area (Å²) in [6.45, 7) is 5.90. The third-order valence-corrected chi connectivity index (χ3v) is 5.14. The Kier molecular flexibility index (Phi) is 4.92. The van der Waals surface area contributed by atoms with Gasteiger partial charge in [-0.05, 0) is 36.2 Å². The van der Waals surface area contributed by atoms with Crippen molar-refractivity contribution in [3.8, 4) is 16.9 Å². The smallest absolute Gasteiger partial charge is 0.225 e. The summed E-state index contributed by atoms with van der Waals surface area (Å²) >= 11 is 0. The molecule has 1 aliphatic rings. The Labute approximate surface area is 160 Å². The number of hydrogen-bond donors (Lipinski definition) is 0. The second-order valence-corrected chi connectivity index (χ2v) is 6.68. The minimum absolute atomic E-state index is 0.813. The minimum atomic E-state index is 0.813. The maximum Gasteiger partial charge on any atom is 0.225 e. The third-order valence-electron chi connectivity index (χ3n) is 5.14. The van der Waals surface area contributed by atoms with E-state index in [0.717, 1.165) is 37.9 Å². The Hall–Kier alpha value is -3.08. The molecule has 0 radical (unpaired) electrons. The molecule has 138 valence electrons. The molecule has 5 nitrogen and oxygen atoms in total. The Balaban J connectivity index is 1.60. The van der Waals surface area contributed by atoms with Gasteiger partial charge in [-0.2, -0.15) is 0 Å². The fraction of sp³-hybridized carbons (Fsp3) is 0.273. The molecule has 4 rings (SSSR count). The molecule has 27 heavy (non-hydrogen) atoms. The van der Waals surface area contributed by atoms with E-state index in [1.165, 1.54) is 22.4 Å². The molecule has 0 amide bonds. The van der Waals surface area contributed by atoms with Crippen LogP contribution in [0.15, 0.2) is 60.9 Å². The zero-order valence-electron chi connectivity index (χ0n) is 15.8. The molecule has 1 fully saturated rings. The van der Waals surface area contributed by atoms with Crippen LogP contribution in [-0.4, -0.2) is 43.3 Å². The van der Waals surface area contributed by atoms with E-state index in [2.05, 4.69) is 63.1 Å². The molecular weight excluding hydrogens is 336 g/mol. The van der Waals surface area contributed by atoms with Crippen LogP contribution in [-0.2, 0) is 0 Å².